The smallest absolute Gasteiger partial charge is 0.323 e. The summed E-state index contributed by atoms with van der Waals surface area (Å²) < 4.78 is 4.42. The molecule has 0 aromatic heterocycles. The normalized spacial score (nSPS) is 9.44. The third-order valence-electron chi connectivity index (χ3n) is 1.79. The van der Waals surface area contributed by atoms with Gasteiger partial charge in [0.25, 0.3) is 0 Å². The standard InChI is InChI=1S/C9H15ClN2O4/c1-12(6-4-8(14)16-2)9(15)11-7(13)3-5-10/h3-6H2,1-2H3,(H,11,13,15). The van der Waals surface area contributed by atoms with Gasteiger partial charge in [0.2, 0.25) is 5.91 Å². The van der Waals surface area contributed by atoms with Gasteiger partial charge in [-0.25, -0.2) is 4.79 Å². The number of hydrogen-bond donors (Lipinski definition) is 1. The van der Waals surface area contributed by atoms with Gasteiger partial charge in [0.15, 0.2) is 0 Å². The van der Waals surface area contributed by atoms with Crippen LogP contribution in [0, 0.1) is 0 Å². The van der Waals surface area contributed by atoms with E-state index in [0.29, 0.717) is 0 Å². The molecule has 3 amide bonds. The van der Waals surface area contributed by atoms with Crippen LogP contribution >= 0.6 is 11.6 Å². The zero-order valence-corrected chi connectivity index (χ0v) is 10.0. The second-order valence-electron chi connectivity index (χ2n) is 3.04. The summed E-state index contributed by atoms with van der Waals surface area (Å²) in [5.74, 6) is -0.693. The monoisotopic (exact) mass is 250 g/mol. The molecule has 0 saturated carbocycles. The van der Waals surface area contributed by atoms with Gasteiger partial charge in [-0.05, 0) is 0 Å². The highest BCUT2D eigenvalue weighted by Gasteiger charge is 2.13. The first-order chi connectivity index (χ1) is 7.51. The SMILES string of the molecule is COC(=O)CCN(C)C(=O)NC(=O)CCCl. The lowest BCUT2D eigenvalue weighted by atomic mass is 10.4. The van der Waals surface area contributed by atoms with E-state index in [2.05, 4.69) is 10.1 Å². The van der Waals surface area contributed by atoms with Crippen LogP contribution in [-0.4, -0.2) is 49.4 Å². The summed E-state index contributed by atoms with van der Waals surface area (Å²) >= 11 is 5.33. The highest BCUT2D eigenvalue weighted by atomic mass is 35.5. The van der Waals surface area contributed by atoms with Crippen LogP contribution in [0.2, 0.25) is 0 Å². The summed E-state index contributed by atoms with van der Waals surface area (Å²) in [6, 6.07) is -0.556. The predicted molar refractivity (Wildman–Crippen MR) is 58.1 cm³/mol. The summed E-state index contributed by atoms with van der Waals surface area (Å²) in [5.41, 5.74) is 0. The minimum atomic E-state index is -0.556. The summed E-state index contributed by atoms with van der Waals surface area (Å²) in [6.07, 6.45) is 0.169. The molecule has 0 aliphatic carbocycles. The fourth-order valence-electron chi connectivity index (χ4n) is 0.826. The van der Waals surface area contributed by atoms with Crippen molar-refractivity contribution < 1.29 is 19.1 Å². The number of carbonyl (C=O) groups is 3. The van der Waals surface area contributed by atoms with Gasteiger partial charge in [-0.15, -0.1) is 11.6 Å². The molecular weight excluding hydrogens is 236 g/mol. The van der Waals surface area contributed by atoms with Crippen LogP contribution in [0.3, 0.4) is 0 Å². The third-order valence-corrected chi connectivity index (χ3v) is 1.98. The van der Waals surface area contributed by atoms with Gasteiger partial charge >= 0.3 is 12.0 Å². The molecule has 1 N–H and O–H groups in total. The molecule has 0 heterocycles. The first-order valence-corrected chi connectivity index (χ1v) is 5.22. The number of halogens is 1. The van der Waals surface area contributed by atoms with Crippen LogP contribution in [0.4, 0.5) is 4.79 Å². The number of nitrogens with one attached hydrogen (secondary N) is 1. The Morgan fingerprint density at radius 3 is 2.44 bits per heavy atom. The number of amides is 3. The van der Waals surface area contributed by atoms with Crippen molar-refractivity contribution in [2.45, 2.75) is 12.8 Å². The number of nitrogens with zero attached hydrogens (tertiary/aromatic N) is 1. The lowest BCUT2D eigenvalue weighted by molar-refractivity contribution is -0.140. The number of rotatable bonds is 5. The van der Waals surface area contributed by atoms with E-state index in [9.17, 15) is 14.4 Å². The zero-order chi connectivity index (χ0) is 12.6. The second kappa shape index (κ2) is 7.92. The summed E-state index contributed by atoms with van der Waals surface area (Å²) in [7, 11) is 2.75. The molecule has 0 radical (unpaired) electrons. The molecule has 16 heavy (non-hydrogen) atoms. The Bertz CT molecular complexity index is 270. The van der Waals surface area contributed by atoms with Crippen molar-refractivity contribution >= 4 is 29.5 Å². The number of carbonyl (C=O) groups excluding carboxylic acids is 3. The van der Waals surface area contributed by atoms with Gasteiger partial charge in [-0.1, -0.05) is 0 Å². The van der Waals surface area contributed by atoms with Crippen LogP contribution < -0.4 is 5.32 Å². The number of esters is 1. The van der Waals surface area contributed by atoms with E-state index in [-0.39, 0.29) is 25.3 Å². The molecule has 0 atom stereocenters. The average molecular weight is 251 g/mol. The maximum Gasteiger partial charge on any atom is 0.323 e. The highest BCUT2D eigenvalue weighted by molar-refractivity contribution is 6.19. The van der Waals surface area contributed by atoms with Gasteiger partial charge in [0, 0.05) is 25.9 Å². The topological polar surface area (TPSA) is 75.7 Å². The van der Waals surface area contributed by atoms with E-state index < -0.39 is 17.9 Å². The van der Waals surface area contributed by atoms with Crippen LogP contribution in [0.5, 0.6) is 0 Å². The van der Waals surface area contributed by atoms with Gasteiger partial charge in [-0.3, -0.25) is 14.9 Å². The maximum absolute atomic E-state index is 11.3. The number of ether oxygens (including phenoxy) is 1. The summed E-state index contributed by atoms with van der Waals surface area (Å²) in [6.45, 7) is 0.187. The Morgan fingerprint density at radius 2 is 1.94 bits per heavy atom. The molecular formula is C9H15ClN2O4. The Labute approximate surface area is 98.9 Å². The Morgan fingerprint density at radius 1 is 1.31 bits per heavy atom. The van der Waals surface area contributed by atoms with E-state index in [0.717, 1.165) is 0 Å². The van der Waals surface area contributed by atoms with Crippen molar-refractivity contribution in [3.8, 4) is 0 Å². The molecule has 0 saturated heterocycles. The molecule has 0 unspecified atom stereocenters. The quantitative estimate of drug-likeness (QED) is 0.564. The van der Waals surface area contributed by atoms with Crippen LogP contribution in [0.15, 0.2) is 0 Å². The molecule has 0 spiro atoms. The fourth-order valence-corrected chi connectivity index (χ4v) is 0.997. The number of imide groups is 1. The number of urea groups is 1. The Hall–Kier alpha value is -1.30. The maximum atomic E-state index is 11.3. The van der Waals surface area contributed by atoms with Crippen LogP contribution in [-0.2, 0) is 14.3 Å². The molecule has 92 valence electrons. The van der Waals surface area contributed by atoms with Crippen molar-refractivity contribution in [2.24, 2.45) is 0 Å². The molecule has 0 aromatic carbocycles. The van der Waals surface area contributed by atoms with E-state index in [1.807, 2.05) is 0 Å². The van der Waals surface area contributed by atoms with Crippen molar-refractivity contribution in [2.75, 3.05) is 26.6 Å². The average Bonchev–Trinajstić information content (AvgIpc) is 2.25. The molecule has 0 aliphatic heterocycles. The minimum Gasteiger partial charge on any atom is -0.469 e. The van der Waals surface area contributed by atoms with Gasteiger partial charge in [0.05, 0.1) is 13.5 Å². The minimum absolute atomic E-state index is 0.0815. The first-order valence-electron chi connectivity index (χ1n) is 4.69. The first kappa shape index (κ1) is 14.7. The van der Waals surface area contributed by atoms with Gasteiger partial charge in [0.1, 0.15) is 0 Å². The van der Waals surface area contributed by atoms with Gasteiger partial charge in [-0.2, -0.15) is 0 Å². The molecule has 6 nitrogen and oxygen atoms in total. The number of methoxy groups -OCH3 is 1. The van der Waals surface area contributed by atoms with E-state index >= 15 is 0 Å². The molecule has 0 aliphatic rings. The van der Waals surface area contributed by atoms with E-state index in [1.165, 1.54) is 19.1 Å². The molecule has 0 bridgehead atoms. The number of alkyl halides is 1. The number of hydrogen-bond acceptors (Lipinski definition) is 4. The lowest BCUT2D eigenvalue weighted by Crippen LogP contribution is -2.41. The second-order valence-corrected chi connectivity index (χ2v) is 3.42. The molecule has 0 aromatic rings. The van der Waals surface area contributed by atoms with Crippen LogP contribution in [0.25, 0.3) is 0 Å². The van der Waals surface area contributed by atoms with Crippen molar-refractivity contribution in [3.63, 3.8) is 0 Å². The lowest BCUT2D eigenvalue weighted by Gasteiger charge is -2.16. The van der Waals surface area contributed by atoms with E-state index in [4.69, 9.17) is 11.6 Å². The fraction of sp³-hybridized carbons (Fsp3) is 0.667. The van der Waals surface area contributed by atoms with Crippen LogP contribution in [0.1, 0.15) is 12.8 Å². The highest BCUT2D eigenvalue weighted by Crippen LogP contribution is 1.92. The molecule has 0 fully saturated rings. The van der Waals surface area contributed by atoms with Gasteiger partial charge < -0.3 is 9.64 Å². The summed E-state index contributed by atoms with van der Waals surface area (Å²) in [5, 5.41) is 2.13. The van der Waals surface area contributed by atoms with E-state index in [1.54, 1.807) is 0 Å². The predicted octanol–water partition coefficient (Wildman–Crippen LogP) is 0.346. The Balaban J connectivity index is 3.90. The Kier molecular flexibility index (Phi) is 7.28. The zero-order valence-electron chi connectivity index (χ0n) is 9.29. The largest absolute Gasteiger partial charge is 0.469 e. The van der Waals surface area contributed by atoms with Crippen molar-refractivity contribution in [3.05, 3.63) is 0 Å². The third kappa shape index (κ3) is 6.23. The van der Waals surface area contributed by atoms with Crippen molar-refractivity contribution in [1.29, 1.82) is 0 Å². The summed E-state index contributed by atoms with van der Waals surface area (Å²) in [4.78, 5) is 34.4. The molecule has 0 rings (SSSR count). The van der Waals surface area contributed by atoms with Crippen molar-refractivity contribution in [1.82, 2.24) is 10.2 Å². The molecule has 7 heteroatoms.